The molecule has 9 heteroatoms. The fraction of sp³-hybridized carbons (Fsp3) is 0.333. The first-order chi connectivity index (χ1) is 15.5. The van der Waals surface area contributed by atoms with Gasteiger partial charge in [-0.1, -0.05) is 43.6 Å². The molecule has 176 valence electrons. The van der Waals surface area contributed by atoms with Crippen molar-refractivity contribution in [2.45, 2.75) is 19.3 Å². The molecule has 0 amide bonds. The Kier molecular flexibility index (Phi) is 7.68. The molecular weight excluding hydrogens is 457 g/mol. The first-order valence-electron chi connectivity index (χ1n) is 10.6. The summed E-state index contributed by atoms with van der Waals surface area (Å²) in [6, 6.07) is 13.5. The van der Waals surface area contributed by atoms with Crippen molar-refractivity contribution in [1.29, 1.82) is 0 Å². The second-order valence-corrected chi connectivity index (χ2v) is 12.4. The zero-order valence-electron chi connectivity index (χ0n) is 19.9. The number of methoxy groups -OCH3 is 1. The minimum absolute atomic E-state index is 0.0558. The molecule has 33 heavy (non-hydrogen) atoms. The summed E-state index contributed by atoms with van der Waals surface area (Å²) in [6.07, 6.45) is 1.52. The van der Waals surface area contributed by atoms with Crippen LogP contribution in [0, 0.1) is 0 Å². The van der Waals surface area contributed by atoms with Crippen LogP contribution in [0.15, 0.2) is 48.7 Å². The van der Waals surface area contributed by atoms with Crippen molar-refractivity contribution in [2.75, 3.05) is 44.7 Å². The van der Waals surface area contributed by atoms with Gasteiger partial charge < -0.3 is 25.3 Å². The average Bonchev–Trinajstić information content (AvgIpc) is 2.76. The number of halogens is 1. The van der Waals surface area contributed by atoms with Crippen LogP contribution < -0.4 is 26.0 Å². The predicted molar refractivity (Wildman–Crippen MR) is 139 cm³/mol. The summed E-state index contributed by atoms with van der Waals surface area (Å²) in [5.41, 5.74) is 2.53. The number of hydrogen-bond acceptors (Lipinski definition) is 7. The largest absolute Gasteiger partial charge is 0.495 e. The lowest BCUT2D eigenvalue weighted by molar-refractivity contribution is 0.413. The zero-order valence-corrected chi connectivity index (χ0v) is 21.5. The van der Waals surface area contributed by atoms with E-state index in [4.69, 9.17) is 16.3 Å². The number of nitrogens with zero attached hydrogens (tertiary/aromatic N) is 2. The Labute approximate surface area is 200 Å². The molecule has 3 aromatic rings. The van der Waals surface area contributed by atoms with Crippen molar-refractivity contribution >= 4 is 47.2 Å². The van der Waals surface area contributed by atoms with E-state index in [-0.39, 0.29) is 5.41 Å². The fourth-order valence-electron chi connectivity index (χ4n) is 3.57. The Morgan fingerprint density at radius 2 is 1.82 bits per heavy atom. The summed E-state index contributed by atoms with van der Waals surface area (Å²) in [6.45, 7) is 8.65. The molecule has 0 aliphatic carbocycles. The second kappa shape index (κ2) is 10.1. The van der Waals surface area contributed by atoms with Crippen LogP contribution in [0.25, 0.3) is 0 Å². The smallest absolute Gasteiger partial charge is 0.229 e. The zero-order chi connectivity index (χ0) is 24.2. The maximum Gasteiger partial charge on any atom is 0.229 e. The predicted octanol–water partition coefficient (Wildman–Crippen LogP) is 5.37. The number of para-hydroxylation sites is 1. The van der Waals surface area contributed by atoms with Gasteiger partial charge in [0.2, 0.25) is 5.95 Å². The van der Waals surface area contributed by atoms with Gasteiger partial charge in [0.15, 0.2) is 5.82 Å². The first kappa shape index (κ1) is 25.0. The van der Waals surface area contributed by atoms with Gasteiger partial charge in [-0.2, -0.15) is 4.98 Å². The molecule has 0 atom stereocenters. The van der Waals surface area contributed by atoms with Gasteiger partial charge in [-0.05, 0) is 50.2 Å². The van der Waals surface area contributed by atoms with E-state index in [0.29, 0.717) is 28.2 Å². The number of aromatic nitrogens is 2. The monoisotopic (exact) mass is 487 g/mol. The highest BCUT2D eigenvalue weighted by Gasteiger charge is 2.22. The van der Waals surface area contributed by atoms with Crippen LogP contribution in [0.3, 0.4) is 0 Å². The van der Waals surface area contributed by atoms with E-state index in [1.165, 1.54) is 6.20 Å². The number of hydrogen-bond donors (Lipinski definition) is 3. The highest BCUT2D eigenvalue weighted by molar-refractivity contribution is 7.70. The van der Waals surface area contributed by atoms with Crippen molar-refractivity contribution in [3.05, 3.63) is 59.2 Å². The van der Waals surface area contributed by atoms with Crippen molar-refractivity contribution in [2.24, 2.45) is 0 Å². The number of nitrogens with one attached hydrogen (secondary N) is 3. The van der Waals surface area contributed by atoms with Crippen molar-refractivity contribution in [3.63, 3.8) is 0 Å². The Morgan fingerprint density at radius 1 is 1.09 bits per heavy atom. The molecule has 0 aliphatic heterocycles. The molecular formula is C24H31ClN5O2P. The molecule has 0 saturated heterocycles. The van der Waals surface area contributed by atoms with Gasteiger partial charge in [0.1, 0.15) is 17.9 Å². The maximum atomic E-state index is 12.7. The minimum Gasteiger partial charge on any atom is -0.495 e. The summed E-state index contributed by atoms with van der Waals surface area (Å²) in [4.78, 5) is 8.85. The third-order valence-corrected chi connectivity index (χ3v) is 7.16. The number of rotatable bonds is 9. The summed E-state index contributed by atoms with van der Waals surface area (Å²) >= 11 is 6.36. The molecule has 0 bridgehead atoms. The number of likely N-dealkylation sites (N-methyl/N-ethyl adjacent to an activating group) is 1. The highest BCUT2D eigenvalue weighted by atomic mass is 35.5. The topological polar surface area (TPSA) is 88.2 Å². The first-order valence-corrected chi connectivity index (χ1v) is 13.6. The van der Waals surface area contributed by atoms with Crippen molar-refractivity contribution in [1.82, 2.24) is 15.3 Å². The molecule has 0 unspecified atom stereocenters. The van der Waals surface area contributed by atoms with Gasteiger partial charge in [0, 0.05) is 17.3 Å². The molecule has 7 nitrogen and oxygen atoms in total. The van der Waals surface area contributed by atoms with Crippen LogP contribution in [-0.4, -0.2) is 44.0 Å². The Balaban J connectivity index is 1.90. The molecule has 3 rings (SSSR count). The minimum atomic E-state index is -2.49. The number of benzene rings is 2. The van der Waals surface area contributed by atoms with E-state index in [0.717, 1.165) is 23.1 Å². The van der Waals surface area contributed by atoms with E-state index >= 15 is 0 Å². The lowest BCUT2D eigenvalue weighted by Gasteiger charge is -2.26. The lowest BCUT2D eigenvalue weighted by atomic mass is 9.84. The van der Waals surface area contributed by atoms with Crippen molar-refractivity contribution in [3.8, 4) is 5.75 Å². The number of anilines is 4. The fourth-order valence-corrected chi connectivity index (χ4v) is 4.87. The summed E-state index contributed by atoms with van der Waals surface area (Å²) < 4.78 is 18.3. The summed E-state index contributed by atoms with van der Waals surface area (Å²) in [5, 5.41) is 10.7. The average molecular weight is 488 g/mol. The van der Waals surface area contributed by atoms with Gasteiger partial charge in [0.25, 0.3) is 0 Å². The lowest BCUT2D eigenvalue weighted by Crippen LogP contribution is -2.30. The van der Waals surface area contributed by atoms with E-state index < -0.39 is 7.14 Å². The molecule has 1 heterocycles. The van der Waals surface area contributed by atoms with Crippen LogP contribution in [0.1, 0.15) is 19.4 Å². The third kappa shape index (κ3) is 6.05. The van der Waals surface area contributed by atoms with Gasteiger partial charge >= 0.3 is 0 Å². The van der Waals surface area contributed by atoms with E-state index in [1.54, 1.807) is 20.4 Å². The van der Waals surface area contributed by atoms with Crippen LogP contribution in [-0.2, 0) is 9.98 Å². The van der Waals surface area contributed by atoms with Gasteiger partial charge in [-0.3, -0.25) is 0 Å². The molecule has 0 spiro atoms. The Morgan fingerprint density at radius 3 is 2.48 bits per heavy atom. The quantitative estimate of drug-likeness (QED) is 0.350. The molecule has 3 N–H and O–H groups in total. The molecule has 0 radical (unpaired) electrons. The maximum absolute atomic E-state index is 12.7. The van der Waals surface area contributed by atoms with Gasteiger partial charge in [-0.25, -0.2) is 4.98 Å². The molecule has 0 saturated carbocycles. The van der Waals surface area contributed by atoms with E-state index in [2.05, 4.69) is 45.8 Å². The van der Waals surface area contributed by atoms with Crippen LogP contribution >= 0.6 is 18.7 Å². The molecule has 0 aliphatic rings. The van der Waals surface area contributed by atoms with Crippen LogP contribution in [0.2, 0.25) is 5.02 Å². The SMILES string of the molecule is CNCC(C)(C)c1ccc(Nc2ncc(Cl)c(Nc3ccccc3P(C)(C)=O)n2)c(OC)c1. The van der Waals surface area contributed by atoms with E-state index in [9.17, 15) is 4.57 Å². The van der Waals surface area contributed by atoms with Crippen LogP contribution in [0.5, 0.6) is 5.75 Å². The van der Waals surface area contributed by atoms with Crippen molar-refractivity contribution < 1.29 is 9.30 Å². The Bertz CT molecular complexity index is 1180. The van der Waals surface area contributed by atoms with Crippen LogP contribution in [0.4, 0.5) is 23.1 Å². The molecule has 2 aromatic carbocycles. The third-order valence-electron chi connectivity index (χ3n) is 5.33. The second-order valence-electron chi connectivity index (χ2n) is 8.84. The Hall–Kier alpha value is -2.60. The number of ether oxygens (including phenoxy) is 1. The van der Waals surface area contributed by atoms with E-state index in [1.807, 2.05) is 43.4 Å². The molecule has 1 aromatic heterocycles. The summed E-state index contributed by atoms with van der Waals surface area (Å²) in [7, 11) is 1.08. The molecule has 0 fully saturated rings. The highest BCUT2D eigenvalue weighted by Crippen LogP contribution is 2.39. The van der Waals surface area contributed by atoms with Gasteiger partial charge in [-0.15, -0.1) is 0 Å². The summed E-state index contributed by atoms with van der Waals surface area (Å²) in [5.74, 6) is 1.46. The van der Waals surface area contributed by atoms with Gasteiger partial charge in [0.05, 0.1) is 24.7 Å². The normalized spacial score (nSPS) is 11.8. The standard InChI is InChI=1S/C24H31ClN5O2P/c1-24(2,15-26-3)16-11-12-18(20(13-16)32-4)29-23-27-14-17(25)22(30-23)28-19-9-7-8-10-21(19)33(5,6)31/h7-14,26H,15H2,1-6H3,(H2,27,28,29,30).